The molecule has 0 aliphatic heterocycles. The van der Waals surface area contributed by atoms with Crippen LogP contribution < -0.4 is 14.8 Å². The number of hydrogen-bond donors (Lipinski definition) is 2. The van der Waals surface area contributed by atoms with E-state index >= 15 is 0 Å². The molecule has 114 valence electrons. The van der Waals surface area contributed by atoms with Gasteiger partial charge in [-0.25, -0.2) is 0 Å². The fourth-order valence-corrected chi connectivity index (χ4v) is 1.71. The molecule has 7 nitrogen and oxygen atoms in total. The third-order valence-corrected chi connectivity index (χ3v) is 2.79. The molecule has 2 aromatic rings. The molecular formula is C14H19N3O4. The minimum absolute atomic E-state index is 0.209. The van der Waals surface area contributed by atoms with Gasteiger partial charge in [0.2, 0.25) is 5.89 Å². The Morgan fingerprint density at radius 1 is 1.38 bits per heavy atom. The first-order valence-corrected chi connectivity index (χ1v) is 6.69. The number of rotatable bonds is 9. The number of aliphatic hydroxyl groups excluding tert-OH is 1. The highest BCUT2D eigenvalue weighted by molar-refractivity contribution is 5.32. The van der Waals surface area contributed by atoms with Crippen LogP contribution in [0.25, 0.3) is 0 Å². The summed E-state index contributed by atoms with van der Waals surface area (Å²) in [6.45, 7) is 1.29. The van der Waals surface area contributed by atoms with Crippen LogP contribution in [0, 0.1) is 0 Å². The number of ether oxygens (including phenoxy) is 2. The minimum Gasteiger partial charge on any atom is -0.497 e. The topological polar surface area (TPSA) is 89.6 Å². The smallest absolute Gasteiger partial charge is 0.227 e. The Hall–Kier alpha value is -2.12. The normalized spacial score (nSPS) is 12.1. The third-order valence-electron chi connectivity index (χ3n) is 2.79. The lowest BCUT2D eigenvalue weighted by Gasteiger charge is -2.13. The SMILES string of the molecule is COc1cccc(OCC(O)CNCCc2ncno2)c1. The third kappa shape index (κ3) is 5.41. The van der Waals surface area contributed by atoms with Crippen molar-refractivity contribution in [1.82, 2.24) is 15.5 Å². The van der Waals surface area contributed by atoms with Crippen molar-refractivity contribution in [2.45, 2.75) is 12.5 Å². The Labute approximate surface area is 122 Å². The van der Waals surface area contributed by atoms with E-state index < -0.39 is 6.10 Å². The van der Waals surface area contributed by atoms with Gasteiger partial charge < -0.3 is 24.4 Å². The van der Waals surface area contributed by atoms with Crippen LogP contribution in [0.3, 0.4) is 0 Å². The summed E-state index contributed by atoms with van der Waals surface area (Å²) in [6.07, 6.45) is 1.40. The van der Waals surface area contributed by atoms with Gasteiger partial charge in [-0.15, -0.1) is 0 Å². The summed E-state index contributed by atoms with van der Waals surface area (Å²) in [5, 5.41) is 16.4. The van der Waals surface area contributed by atoms with Gasteiger partial charge in [0.1, 0.15) is 24.2 Å². The minimum atomic E-state index is -0.598. The molecule has 1 atom stereocenters. The molecule has 0 bridgehead atoms. The van der Waals surface area contributed by atoms with E-state index in [-0.39, 0.29) is 6.61 Å². The Bertz CT molecular complexity index is 519. The zero-order chi connectivity index (χ0) is 14.9. The van der Waals surface area contributed by atoms with Gasteiger partial charge in [0, 0.05) is 25.6 Å². The van der Waals surface area contributed by atoms with Crippen molar-refractivity contribution in [1.29, 1.82) is 0 Å². The first kappa shape index (κ1) is 15.3. The van der Waals surface area contributed by atoms with E-state index in [9.17, 15) is 5.11 Å². The molecule has 0 saturated heterocycles. The summed E-state index contributed by atoms with van der Waals surface area (Å²) in [7, 11) is 1.60. The van der Waals surface area contributed by atoms with E-state index in [1.165, 1.54) is 6.33 Å². The summed E-state index contributed by atoms with van der Waals surface area (Å²) in [5.41, 5.74) is 0. The lowest BCUT2D eigenvalue weighted by molar-refractivity contribution is 0.106. The number of aliphatic hydroxyl groups is 1. The highest BCUT2D eigenvalue weighted by atomic mass is 16.5. The number of hydrogen-bond acceptors (Lipinski definition) is 7. The van der Waals surface area contributed by atoms with Crippen LogP contribution in [0.4, 0.5) is 0 Å². The molecule has 1 unspecified atom stereocenters. The van der Waals surface area contributed by atoms with E-state index in [4.69, 9.17) is 14.0 Å². The molecule has 0 aliphatic rings. The highest BCUT2D eigenvalue weighted by Gasteiger charge is 2.06. The predicted octanol–water partition coefficient (Wildman–Crippen LogP) is 0.650. The first-order valence-electron chi connectivity index (χ1n) is 6.69. The number of benzene rings is 1. The molecule has 0 fully saturated rings. The van der Waals surface area contributed by atoms with Crippen LogP contribution in [0.5, 0.6) is 11.5 Å². The molecule has 0 amide bonds. The molecule has 7 heteroatoms. The largest absolute Gasteiger partial charge is 0.497 e. The lowest BCUT2D eigenvalue weighted by Crippen LogP contribution is -2.32. The average molecular weight is 293 g/mol. The van der Waals surface area contributed by atoms with Crippen LogP contribution in [0.1, 0.15) is 5.89 Å². The van der Waals surface area contributed by atoms with Crippen molar-refractivity contribution in [2.24, 2.45) is 0 Å². The van der Waals surface area contributed by atoms with Gasteiger partial charge in [0.05, 0.1) is 7.11 Å². The van der Waals surface area contributed by atoms with Crippen molar-refractivity contribution in [3.63, 3.8) is 0 Å². The standard InChI is InChI=1S/C14H19N3O4/c1-19-12-3-2-4-13(7-12)20-9-11(18)8-15-6-5-14-16-10-17-21-14/h2-4,7,10-11,15,18H,5-6,8-9H2,1H3. The fraction of sp³-hybridized carbons (Fsp3) is 0.429. The zero-order valence-corrected chi connectivity index (χ0v) is 11.9. The summed E-state index contributed by atoms with van der Waals surface area (Å²) >= 11 is 0. The molecule has 21 heavy (non-hydrogen) atoms. The number of nitrogens with one attached hydrogen (secondary N) is 1. The number of methoxy groups -OCH3 is 1. The maximum Gasteiger partial charge on any atom is 0.227 e. The Balaban J connectivity index is 1.61. The van der Waals surface area contributed by atoms with Crippen LogP contribution in [-0.2, 0) is 6.42 Å². The Morgan fingerprint density at radius 2 is 2.24 bits per heavy atom. The fourth-order valence-electron chi connectivity index (χ4n) is 1.71. The van der Waals surface area contributed by atoms with Crippen LogP contribution >= 0.6 is 0 Å². The van der Waals surface area contributed by atoms with E-state index in [0.717, 1.165) is 5.75 Å². The van der Waals surface area contributed by atoms with E-state index in [2.05, 4.69) is 15.5 Å². The molecule has 0 spiro atoms. The van der Waals surface area contributed by atoms with Crippen molar-refractivity contribution in [2.75, 3.05) is 26.8 Å². The van der Waals surface area contributed by atoms with Gasteiger partial charge in [0.15, 0.2) is 6.33 Å². The van der Waals surface area contributed by atoms with E-state index in [0.29, 0.717) is 31.2 Å². The monoisotopic (exact) mass is 293 g/mol. The van der Waals surface area contributed by atoms with Crippen LogP contribution in [0.2, 0.25) is 0 Å². The maximum absolute atomic E-state index is 9.82. The molecule has 2 rings (SSSR count). The molecule has 1 heterocycles. The second-order valence-electron chi connectivity index (χ2n) is 4.43. The van der Waals surface area contributed by atoms with Gasteiger partial charge in [-0.1, -0.05) is 11.2 Å². The molecule has 1 aromatic carbocycles. The quantitative estimate of drug-likeness (QED) is 0.656. The summed E-state index contributed by atoms with van der Waals surface area (Å²) in [5.74, 6) is 1.96. The second kappa shape index (κ2) is 8.23. The summed E-state index contributed by atoms with van der Waals surface area (Å²) < 4.78 is 15.5. The van der Waals surface area contributed by atoms with Crippen LogP contribution in [-0.4, -0.2) is 48.2 Å². The maximum atomic E-state index is 9.82. The lowest BCUT2D eigenvalue weighted by atomic mass is 10.3. The second-order valence-corrected chi connectivity index (χ2v) is 4.43. The first-order chi connectivity index (χ1) is 10.3. The van der Waals surface area contributed by atoms with E-state index in [1.807, 2.05) is 18.2 Å². The molecule has 2 N–H and O–H groups in total. The Kier molecular flexibility index (Phi) is 5.99. The van der Waals surface area contributed by atoms with Crippen molar-refractivity contribution in [3.8, 4) is 11.5 Å². The van der Waals surface area contributed by atoms with Gasteiger partial charge >= 0.3 is 0 Å². The van der Waals surface area contributed by atoms with Crippen molar-refractivity contribution < 1.29 is 19.1 Å². The molecule has 1 aromatic heterocycles. The predicted molar refractivity (Wildman–Crippen MR) is 75.4 cm³/mol. The highest BCUT2D eigenvalue weighted by Crippen LogP contribution is 2.18. The summed E-state index contributed by atoms with van der Waals surface area (Å²) in [4.78, 5) is 3.91. The van der Waals surface area contributed by atoms with Crippen molar-refractivity contribution >= 4 is 0 Å². The van der Waals surface area contributed by atoms with Crippen LogP contribution in [0.15, 0.2) is 35.1 Å². The van der Waals surface area contributed by atoms with Gasteiger partial charge in [-0.2, -0.15) is 4.98 Å². The zero-order valence-electron chi connectivity index (χ0n) is 11.9. The van der Waals surface area contributed by atoms with E-state index in [1.54, 1.807) is 13.2 Å². The van der Waals surface area contributed by atoms with Gasteiger partial charge in [-0.3, -0.25) is 0 Å². The van der Waals surface area contributed by atoms with Crippen molar-refractivity contribution in [3.05, 3.63) is 36.5 Å². The van der Waals surface area contributed by atoms with Gasteiger partial charge in [0.25, 0.3) is 0 Å². The molecule has 0 saturated carbocycles. The molecule has 0 aliphatic carbocycles. The Morgan fingerprint density at radius 3 is 3.00 bits per heavy atom. The summed E-state index contributed by atoms with van der Waals surface area (Å²) in [6, 6.07) is 7.26. The number of aromatic nitrogens is 2. The van der Waals surface area contributed by atoms with Gasteiger partial charge in [-0.05, 0) is 12.1 Å². The molecule has 0 radical (unpaired) electrons. The molecular weight excluding hydrogens is 274 g/mol. The average Bonchev–Trinajstić information content (AvgIpc) is 3.03. The number of nitrogens with zero attached hydrogens (tertiary/aromatic N) is 2.